The number of rotatable bonds is 3. The van der Waals surface area contributed by atoms with E-state index in [0.29, 0.717) is 26.1 Å². The second-order valence-corrected chi connectivity index (χ2v) is 9.44. The van der Waals surface area contributed by atoms with E-state index >= 15 is 0 Å². The molecule has 1 aromatic heterocycles. The summed E-state index contributed by atoms with van der Waals surface area (Å²) in [5.41, 5.74) is -0.827. The number of morpholine rings is 1. The molecule has 1 amide bonds. The zero-order valence-corrected chi connectivity index (χ0v) is 14.5. The zero-order valence-electron chi connectivity index (χ0n) is 13.7. The lowest BCUT2D eigenvalue weighted by Crippen LogP contribution is -2.56. The summed E-state index contributed by atoms with van der Waals surface area (Å²) < 4.78 is 38.3. The van der Waals surface area contributed by atoms with E-state index in [4.69, 9.17) is 9.26 Å². The molecule has 8 nitrogen and oxygen atoms in total. The molecule has 1 spiro atoms. The van der Waals surface area contributed by atoms with Crippen LogP contribution in [-0.2, 0) is 14.8 Å². The standard InChI is InChI=1S/C15H21N3O5S/c1-10(2)6-18-9-15-8-17(14(19)12-3-4-16-23-12)7-11(22-15)5-13(15)24(18,20)21/h3-4,10-11,13H,5-9H2,1-2H3/t11-,13+,15+/m1/s1. The number of sulfonamides is 1. The SMILES string of the molecule is CC(C)CN1C[C@@]23CN(C(=O)c4ccno4)C[C@@H](C[C@@H]2S1(=O)=O)O3. The second kappa shape index (κ2) is 5.27. The number of carbonyl (C=O) groups is 1. The quantitative estimate of drug-likeness (QED) is 0.776. The maximum atomic E-state index is 12.9. The highest BCUT2D eigenvalue weighted by Gasteiger charge is 2.65. The summed E-state index contributed by atoms with van der Waals surface area (Å²) in [5.74, 6) is 0.144. The van der Waals surface area contributed by atoms with Crippen LogP contribution in [0.25, 0.3) is 0 Å². The Labute approximate surface area is 140 Å². The molecule has 3 aliphatic rings. The molecule has 0 N–H and O–H groups in total. The Kier molecular flexibility index (Phi) is 3.52. The van der Waals surface area contributed by atoms with Crippen LogP contribution in [0.2, 0.25) is 0 Å². The molecule has 2 bridgehead atoms. The Morgan fingerprint density at radius 2 is 2.25 bits per heavy atom. The fraction of sp³-hybridized carbons (Fsp3) is 0.733. The van der Waals surface area contributed by atoms with E-state index < -0.39 is 20.9 Å². The first-order chi connectivity index (χ1) is 11.3. The Morgan fingerprint density at radius 1 is 1.46 bits per heavy atom. The maximum absolute atomic E-state index is 12.9. The van der Waals surface area contributed by atoms with Gasteiger partial charge in [-0.25, -0.2) is 8.42 Å². The molecule has 3 aliphatic heterocycles. The van der Waals surface area contributed by atoms with Crippen LogP contribution in [0.5, 0.6) is 0 Å². The highest BCUT2D eigenvalue weighted by molar-refractivity contribution is 7.90. The normalized spacial score (nSPS) is 34.7. The summed E-state index contributed by atoms with van der Waals surface area (Å²) in [5, 5.41) is 3.00. The number of ether oxygens (including phenoxy) is 1. The first-order valence-electron chi connectivity index (χ1n) is 8.18. The van der Waals surface area contributed by atoms with Gasteiger partial charge in [-0.05, 0) is 12.3 Å². The second-order valence-electron chi connectivity index (χ2n) is 7.32. The van der Waals surface area contributed by atoms with E-state index in [9.17, 15) is 13.2 Å². The molecular formula is C15H21N3O5S. The monoisotopic (exact) mass is 355 g/mol. The minimum Gasteiger partial charge on any atom is -0.365 e. The van der Waals surface area contributed by atoms with Gasteiger partial charge in [0.05, 0.1) is 18.8 Å². The van der Waals surface area contributed by atoms with Gasteiger partial charge in [0.2, 0.25) is 15.8 Å². The minimum absolute atomic E-state index is 0.171. The van der Waals surface area contributed by atoms with Crippen LogP contribution >= 0.6 is 0 Å². The number of carbonyl (C=O) groups excluding carboxylic acids is 1. The van der Waals surface area contributed by atoms with Crippen molar-refractivity contribution in [2.24, 2.45) is 5.92 Å². The third-order valence-electron chi connectivity index (χ3n) is 5.02. The van der Waals surface area contributed by atoms with Crippen LogP contribution in [0.1, 0.15) is 30.8 Å². The van der Waals surface area contributed by atoms with Crippen LogP contribution in [-0.4, -0.2) is 71.8 Å². The molecule has 3 atom stereocenters. The van der Waals surface area contributed by atoms with Gasteiger partial charge in [-0.3, -0.25) is 4.79 Å². The molecule has 0 aromatic carbocycles. The molecule has 24 heavy (non-hydrogen) atoms. The Balaban J connectivity index is 1.62. The molecule has 0 radical (unpaired) electrons. The molecule has 4 heterocycles. The minimum atomic E-state index is -3.39. The molecule has 3 saturated heterocycles. The molecular weight excluding hydrogens is 334 g/mol. The van der Waals surface area contributed by atoms with Gasteiger partial charge in [0.15, 0.2) is 0 Å². The number of hydrogen-bond acceptors (Lipinski definition) is 6. The van der Waals surface area contributed by atoms with Crippen molar-refractivity contribution in [3.63, 3.8) is 0 Å². The van der Waals surface area contributed by atoms with Crippen LogP contribution in [0, 0.1) is 5.92 Å². The summed E-state index contributed by atoms with van der Waals surface area (Å²) in [6.07, 6.45) is 1.62. The van der Waals surface area contributed by atoms with Gasteiger partial charge >= 0.3 is 0 Å². The summed E-state index contributed by atoms with van der Waals surface area (Å²) in [6, 6.07) is 1.52. The van der Waals surface area contributed by atoms with Crippen LogP contribution in [0.4, 0.5) is 0 Å². The summed E-state index contributed by atoms with van der Waals surface area (Å²) in [4.78, 5) is 14.2. The van der Waals surface area contributed by atoms with Crippen molar-refractivity contribution >= 4 is 15.9 Å². The lowest BCUT2D eigenvalue weighted by molar-refractivity contribution is -0.0984. The molecule has 9 heteroatoms. The average Bonchev–Trinajstić information content (AvgIpc) is 3.15. The fourth-order valence-corrected chi connectivity index (χ4v) is 6.63. The van der Waals surface area contributed by atoms with E-state index in [-0.39, 0.29) is 30.2 Å². The van der Waals surface area contributed by atoms with E-state index in [1.807, 2.05) is 13.8 Å². The van der Waals surface area contributed by atoms with Gasteiger partial charge in [0.1, 0.15) is 10.9 Å². The van der Waals surface area contributed by atoms with Crippen LogP contribution in [0.15, 0.2) is 16.8 Å². The molecule has 4 rings (SSSR count). The molecule has 0 unspecified atom stereocenters. The highest BCUT2D eigenvalue weighted by atomic mass is 32.2. The zero-order chi connectivity index (χ0) is 17.1. The molecule has 3 fully saturated rings. The van der Waals surface area contributed by atoms with Crippen molar-refractivity contribution in [1.29, 1.82) is 0 Å². The smallest absolute Gasteiger partial charge is 0.292 e. The van der Waals surface area contributed by atoms with Crippen molar-refractivity contribution in [3.05, 3.63) is 18.0 Å². The van der Waals surface area contributed by atoms with Gasteiger partial charge in [0.25, 0.3) is 5.91 Å². The highest BCUT2D eigenvalue weighted by Crippen LogP contribution is 2.46. The topological polar surface area (TPSA) is 93.0 Å². The Bertz CT molecular complexity index is 747. The average molecular weight is 355 g/mol. The molecule has 132 valence electrons. The fourth-order valence-electron chi connectivity index (χ4n) is 4.16. The molecule has 1 aromatic rings. The van der Waals surface area contributed by atoms with Crippen molar-refractivity contribution in [3.8, 4) is 0 Å². The largest absolute Gasteiger partial charge is 0.365 e. The Hall–Kier alpha value is -1.45. The lowest BCUT2D eigenvalue weighted by Gasteiger charge is -2.39. The number of hydrogen-bond donors (Lipinski definition) is 0. The van der Waals surface area contributed by atoms with E-state index in [2.05, 4.69) is 5.16 Å². The van der Waals surface area contributed by atoms with Crippen molar-refractivity contribution in [2.45, 2.75) is 37.2 Å². The van der Waals surface area contributed by atoms with Gasteiger partial charge in [-0.15, -0.1) is 0 Å². The number of amides is 1. The number of likely N-dealkylation sites (tertiary alicyclic amines) is 1. The van der Waals surface area contributed by atoms with Crippen LogP contribution in [0.3, 0.4) is 0 Å². The Morgan fingerprint density at radius 3 is 2.92 bits per heavy atom. The third kappa shape index (κ3) is 2.29. The summed E-state index contributed by atoms with van der Waals surface area (Å²) in [6.45, 7) is 5.43. The van der Waals surface area contributed by atoms with E-state index in [0.717, 1.165) is 0 Å². The molecule has 0 aliphatic carbocycles. The summed E-state index contributed by atoms with van der Waals surface area (Å²) >= 11 is 0. The molecule has 0 saturated carbocycles. The number of aromatic nitrogens is 1. The van der Waals surface area contributed by atoms with E-state index in [1.54, 1.807) is 4.90 Å². The van der Waals surface area contributed by atoms with Gasteiger partial charge in [-0.1, -0.05) is 19.0 Å². The van der Waals surface area contributed by atoms with Gasteiger partial charge in [-0.2, -0.15) is 4.31 Å². The first kappa shape index (κ1) is 16.0. The predicted octanol–water partition coefficient (Wildman–Crippen LogP) is 0.328. The third-order valence-corrected chi connectivity index (χ3v) is 7.35. The van der Waals surface area contributed by atoms with Crippen molar-refractivity contribution in [2.75, 3.05) is 26.2 Å². The van der Waals surface area contributed by atoms with Gasteiger partial charge in [0, 0.05) is 25.7 Å². The van der Waals surface area contributed by atoms with Crippen molar-refractivity contribution < 1.29 is 22.5 Å². The lowest BCUT2D eigenvalue weighted by atomic mass is 9.99. The summed E-state index contributed by atoms with van der Waals surface area (Å²) in [7, 11) is -3.39. The van der Waals surface area contributed by atoms with Crippen LogP contribution < -0.4 is 0 Å². The number of nitrogens with zero attached hydrogens (tertiary/aromatic N) is 3. The van der Waals surface area contributed by atoms with E-state index in [1.165, 1.54) is 16.6 Å². The first-order valence-corrected chi connectivity index (χ1v) is 9.69. The maximum Gasteiger partial charge on any atom is 0.292 e. The number of fused-ring (bicyclic) bond motifs is 1. The van der Waals surface area contributed by atoms with Gasteiger partial charge < -0.3 is 14.2 Å². The predicted molar refractivity (Wildman–Crippen MR) is 83.7 cm³/mol. The van der Waals surface area contributed by atoms with Crippen molar-refractivity contribution in [1.82, 2.24) is 14.4 Å².